The van der Waals surface area contributed by atoms with Crippen LogP contribution in [-0.4, -0.2) is 50.5 Å². The van der Waals surface area contributed by atoms with Crippen molar-refractivity contribution in [3.05, 3.63) is 35.4 Å². The fraction of sp³-hybridized carbons (Fsp3) is 0.533. The molecule has 1 N–H and O–H groups in total. The largest absolute Gasteiger partial charge is 0.337 e. The second-order valence-electron chi connectivity index (χ2n) is 5.94. The first-order chi connectivity index (χ1) is 10.7. The maximum absolute atomic E-state index is 13.7. The number of sulfone groups is 1. The Hall–Kier alpha value is -1.70. The molecule has 5 nitrogen and oxygen atoms in total. The number of halogens is 2. The van der Waals surface area contributed by atoms with Gasteiger partial charge in [-0.2, -0.15) is 0 Å². The summed E-state index contributed by atoms with van der Waals surface area (Å²) in [5.74, 6) is -1.62. The minimum atomic E-state index is -3.16. The highest BCUT2D eigenvalue weighted by Gasteiger charge is 2.32. The van der Waals surface area contributed by atoms with Gasteiger partial charge >= 0.3 is 6.03 Å². The first kappa shape index (κ1) is 17.7. The predicted molar refractivity (Wildman–Crippen MR) is 83.0 cm³/mol. The Labute approximate surface area is 134 Å². The molecule has 0 radical (unpaired) electrons. The average molecular weight is 346 g/mol. The monoisotopic (exact) mass is 346 g/mol. The van der Waals surface area contributed by atoms with E-state index in [9.17, 15) is 22.0 Å². The Morgan fingerprint density at radius 2 is 2.13 bits per heavy atom. The predicted octanol–water partition coefficient (Wildman–Crippen LogP) is 1.90. The molecule has 1 aromatic carbocycles. The SMILES string of the molecule is CC(CNC(=O)N1CCC(S(C)(=O)=O)C1)c1ccc(F)cc1F. The number of carbonyl (C=O) groups excluding carboxylic acids is 1. The smallest absolute Gasteiger partial charge is 0.317 e. The fourth-order valence-electron chi connectivity index (χ4n) is 2.63. The van der Waals surface area contributed by atoms with Gasteiger partial charge in [0.15, 0.2) is 9.84 Å². The summed E-state index contributed by atoms with van der Waals surface area (Å²) in [6.45, 7) is 2.45. The molecule has 8 heteroatoms. The molecule has 128 valence electrons. The van der Waals surface area contributed by atoms with Gasteiger partial charge in [-0.25, -0.2) is 22.0 Å². The van der Waals surface area contributed by atoms with Gasteiger partial charge in [0.25, 0.3) is 0 Å². The van der Waals surface area contributed by atoms with Crippen LogP contribution >= 0.6 is 0 Å². The van der Waals surface area contributed by atoms with Crippen molar-refractivity contribution >= 4 is 15.9 Å². The molecule has 0 aliphatic carbocycles. The molecule has 2 atom stereocenters. The lowest BCUT2D eigenvalue weighted by Crippen LogP contribution is -2.41. The maximum Gasteiger partial charge on any atom is 0.317 e. The quantitative estimate of drug-likeness (QED) is 0.905. The number of rotatable bonds is 4. The van der Waals surface area contributed by atoms with Crippen LogP contribution in [0.25, 0.3) is 0 Å². The number of nitrogens with zero attached hydrogens (tertiary/aromatic N) is 1. The summed E-state index contributed by atoms with van der Waals surface area (Å²) in [5.41, 5.74) is 0.321. The fourth-order valence-corrected chi connectivity index (χ4v) is 3.61. The summed E-state index contributed by atoms with van der Waals surface area (Å²) < 4.78 is 49.5. The first-order valence-corrected chi connectivity index (χ1v) is 9.30. The zero-order chi connectivity index (χ0) is 17.2. The minimum Gasteiger partial charge on any atom is -0.337 e. The third-order valence-electron chi connectivity index (χ3n) is 4.09. The van der Waals surface area contributed by atoms with Crippen molar-refractivity contribution in [2.45, 2.75) is 24.5 Å². The van der Waals surface area contributed by atoms with Crippen molar-refractivity contribution in [2.24, 2.45) is 0 Å². The number of hydrogen-bond donors (Lipinski definition) is 1. The van der Waals surface area contributed by atoms with Gasteiger partial charge in [0.05, 0.1) is 5.25 Å². The van der Waals surface area contributed by atoms with Gasteiger partial charge in [-0.1, -0.05) is 13.0 Å². The topological polar surface area (TPSA) is 66.5 Å². The number of hydrogen-bond acceptors (Lipinski definition) is 3. The van der Waals surface area contributed by atoms with Crippen molar-refractivity contribution in [2.75, 3.05) is 25.9 Å². The number of urea groups is 1. The van der Waals surface area contributed by atoms with Crippen molar-refractivity contribution < 1.29 is 22.0 Å². The van der Waals surface area contributed by atoms with Crippen LogP contribution in [0.4, 0.5) is 13.6 Å². The zero-order valence-corrected chi connectivity index (χ0v) is 13.9. The van der Waals surface area contributed by atoms with Crippen molar-refractivity contribution in [1.82, 2.24) is 10.2 Å². The van der Waals surface area contributed by atoms with E-state index in [1.165, 1.54) is 23.3 Å². The normalized spacial score (nSPS) is 19.7. The molecule has 2 rings (SSSR count). The lowest BCUT2D eigenvalue weighted by atomic mass is 10.0. The molecule has 0 aromatic heterocycles. The Morgan fingerprint density at radius 1 is 1.43 bits per heavy atom. The van der Waals surface area contributed by atoms with Crippen molar-refractivity contribution in [3.8, 4) is 0 Å². The second kappa shape index (κ2) is 6.82. The van der Waals surface area contributed by atoms with Gasteiger partial charge in [0.2, 0.25) is 0 Å². The van der Waals surface area contributed by atoms with Crippen LogP contribution in [0.2, 0.25) is 0 Å². The Morgan fingerprint density at radius 3 is 2.70 bits per heavy atom. The lowest BCUT2D eigenvalue weighted by molar-refractivity contribution is 0.208. The summed E-state index contributed by atoms with van der Waals surface area (Å²) in [7, 11) is -3.16. The van der Waals surface area contributed by atoms with Crippen LogP contribution in [0.3, 0.4) is 0 Å². The first-order valence-electron chi connectivity index (χ1n) is 7.35. The van der Waals surface area contributed by atoms with E-state index in [4.69, 9.17) is 0 Å². The molecular formula is C15H20F2N2O3S. The molecular weight excluding hydrogens is 326 g/mol. The van der Waals surface area contributed by atoms with Crippen LogP contribution < -0.4 is 5.32 Å². The maximum atomic E-state index is 13.7. The van der Waals surface area contributed by atoms with E-state index in [0.29, 0.717) is 18.5 Å². The van der Waals surface area contributed by atoms with Gasteiger partial charge in [0.1, 0.15) is 11.6 Å². The molecule has 2 amide bonds. The molecule has 1 aromatic rings. The number of benzene rings is 1. The van der Waals surface area contributed by atoms with E-state index in [-0.39, 0.29) is 25.0 Å². The Bertz CT molecular complexity index is 694. The van der Waals surface area contributed by atoms with Gasteiger partial charge in [0, 0.05) is 37.9 Å². The van der Waals surface area contributed by atoms with E-state index < -0.39 is 26.7 Å². The second-order valence-corrected chi connectivity index (χ2v) is 8.26. The molecule has 0 saturated carbocycles. The molecule has 1 fully saturated rings. The molecule has 0 bridgehead atoms. The van der Waals surface area contributed by atoms with E-state index in [1.54, 1.807) is 6.92 Å². The Kier molecular flexibility index (Phi) is 5.23. The van der Waals surface area contributed by atoms with E-state index in [1.807, 2.05) is 0 Å². The highest BCUT2D eigenvalue weighted by molar-refractivity contribution is 7.91. The van der Waals surface area contributed by atoms with Gasteiger partial charge in [-0.3, -0.25) is 0 Å². The molecule has 1 heterocycles. The highest BCUT2D eigenvalue weighted by atomic mass is 32.2. The number of amides is 2. The summed E-state index contributed by atoms with van der Waals surface area (Å²) in [6, 6.07) is 2.97. The van der Waals surface area contributed by atoms with Crippen LogP contribution in [-0.2, 0) is 9.84 Å². The van der Waals surface area contributed by atoms with Gasteiger partial charge < -0.3 is 10.2 Å². The lowest BCUT2D eigenvalue weighted by Gasteiger charge is -2.19. The highest BCUT2D eigenvalue weighted by Crippen LogP contribution is 2.20. The van der Waals surface area contributed by atoms with Crippen LogP contribution in [0, 0.1) is 11.6 Å². The van der Waals surface area contributed by atoms with Gasteiger partial charge in [-0.05, 0) is 18.1 Å². The minimum absolute atomic E-state index is 0.171. The third kappa shape index (κ3) is 4.40. The van der Waals surface area contributed by atoms with Gasteiger partial charge in [-0.15, -0.1) is 0 Å². The van der Waals surface area contributed by atoms with E-state index in [2.05, 4.69) is 5.32 Å². The van der Waals surface area contributed by atoms with E-state index >= 15 is 0 Å². The van der Waals surface area contributed by atoms with Crippen LogP contribution in [0.5, 0.6) is 0 Å². The number of nitrogens with one attached hydrogen (secondary N) is 1. The molecule has 2 unspecified atom stereocenters. The average Bonchev–Trinajstić information content (AvgIpc) is 2.94. The van der Waals surface area contributed by atoms with Crippen LogP contribution in [0.1, 0.15) is 24.8 Å². The summed E-state index contributed by atoms with van der Waals surface area (Å²) in [6.07, 6.45) is 1.59. The van der Waals surface area contributed by atoms with Crippen molar-refractivity contribution in [1.29, 1.82) is 0 Å². The van der Waals surface area contributed by atoms with Crippen LogP contribution in [0.15, 0.2) is 18.2 Å². The van der Waals surface area contributed by atoms with Crippen molar-refractivity contribution in [3.63, 3.8) is 0 Å². The third-order valence-corrected chi connectivity index (χ3v) is 5.69. The number of carbonyl (C=O) groups is 1. The summed E-state index contributed by atoms with van der Waals surface area (Å²) >= 11 is 0. The molecule has 0 spiro atoms. The standard InChI is InChI=1S/C15H20F2N2O3S/c1-10(13-4-3-11(16)7-14(13)17)8-18-15(20)19-6-5-12(9-19)23(2,21)22/h3-4,7,10,12H,5-6,8-9H2,1-2H3,(H,18,20). The zero-order valence-electron chi connectivity index (χ0n) is 13.1. The molecule has 23 heavy (non-hydrogen) atoms. The molecule has 1 aliphatic rings. The Balaban J connectivity index is 1.89. The number of likely N-dealkylation sites (tertiary alicyclic amines) is 1. The molecule has 1 aliphatic heterocycles. The molecule has 1 saturated heterocycles. The summed E-state index contributed by atoms with van der Waals surface area (Å²) in [4.78, 5) is 13.5. The summed E-state index contributed by atoms with van der Waals surface area (Å²) in [5, 5.41) is 2.14. The van der Waals surface area contributed by atoms with E-state index in [0.717, 1.165) is 6.07 Å².